The van der Waals surface area contributed by atoms with E-state index < -0.39 is 15.2 Å². The summed E-state index contributed by atoms with van der Waals surface area (Å²) in [6, 6.07) is 0. The van der Waals surface area contributed by atoms with Gasteiger partial charge in [-0.2, -0.15) is 0 Å². The first-order chi connectivity index (χ1) is 7.46. The van der Waals surface area contributed by atoms with Gasteiger partial charge in [-0.05, 0) is 12.8 Å². The fourth-order valence-corrected chi connectivity index (χ4v) is 11.8. The van der Waals surface area contributed by atoms with Crippen molar-refractivity contribution in [2.24, 2.45) is 0 Å². The van der Waals surface area contributed by atoms with E-state index in [1.165, 1.54) is 0 Å². The first kappa shape index (κ1) is 11.9. The van der Waals surface area contributed by atoms with Gasteiger partial charge in [-0.1, -0.05) is 73.0 Å². The lowest BCUT2D eigenvalue weighted by atomic mass is 10.5. The highest BCUT2D eigenvalue weighted by atomic mass is 29.3. The maximum absolute atomic E-state index is 2.56. The van der Waals surface area contributed by atoms with Crippen molar-refractivity contribution >= 4 is 15.2 Å². The number of allylic oxidation sites excluding steroid dienone is 8. The molecule has 0 aromatic rings. The van der Waals surface area contributed by atoms with Gasteiger partial charge < -0.3 is 0 Å². The summed E-state index contributed by atoms with van der Waals surface area (Å²) in [6.07, 6.45) is 16.6. The van der Waals surface area contributed by atoms with E-state index in [0.717, 1.165) is 12.8 Å². The van der Waals surface area contributed by atoms with Crippen LogP contribution in [-0.2, 0) is 0 Å². The largest absolute Gasteiger partial charge is 0.0818 e. The summed E-state index contributed by atoms with van der Waals surface area (Å²) in [5, 5.41) is 3.37. The van der Waals surface area contributed by atoms with Crippen LogP contribution in [0.25, 0.3) is 0 Å². The Balaban J connectivity index is 2.35. The van der Waals surface area contributed by atoms with Crippen LogP contribution in [0.5, 0.6) is 0 Å². The Hall–Kier alpha value is -0.606. The van der Waals surface area contributed by atoms with Crippen LogP contribution in [-0.4, -0.2) is 15.2 Å². The third kappa shape index (κ3) is 1.74. The molecular weight excluding hydrogens is 224 g/mol. The van der Waals surface area contributed by atoms with Gasteiger partial charge in [-0.3, -0.25) is 0 Å². The molecule has 2 aliphatic rings. The van der Waals surface area contributed by atoms with Crippen LogP contribution in [0.15, 0.2) is 46.8 Å². The van der Waals surface area contributed by atoms with Crippen molar-refractivity contribution in [1.29, 1.82) is 0 Å². The second-order valence-electron chi connectivity index (χ2n) is 5.85. The molecule has 0 nitrogen and oxygen atoms in total. The second-order valence-corrected chi connectivity index (χ2v) is 21.0. The summed E-state index contributed by atoms with van der Waals surface area (Å²) in [7, 11) is -2.54. The van der Waals surface area contributed by atoms with Gasteiger partial charge in [-0.15, -0.1) is 0 Å². The van der Waals surface area contributed by atoms with Crippen LogP contribution >= 0.6 is 0 Å². The maximum Gasteiger partial charge on any atom is 0.0787 e. The quantitative estimate of drug-likeness (QED) is 0.650. The molecule has 0 fully saturated rings. The summed E-state index contributed by atoms with van der Waals surface area (Å²) in [6.45, 7) is 10.3. The van der Waals surface area contributed by atoms with E-state index in [4.69, 9.17) is 0 Å². The van der Waals surface area contributed by atoms with Gasteiger partial charge in [0.05, 0.1) is 15.2 Å². The molecule has 0 bridgehead atoms. The minimum absolute atomic E-state index is 1.16. The highest BCUT2D eigenvalue weighted by Crippen LogP contribution is 2.36. The summed E-state index contributed by atoms with van der Waals surface area (Å²) in [4.78, 5) is 0. The van der Waals surface area contributed by atoms with Crippen molar-refractivity contribution < 1.29 is 0 Å². The molecule has 2 rings (SSSR count). The van der Waals surface area contributed by atoms with Crippen LogP contribution < -0.4 is 0 Å². The van der Waals surface area contributed by atoms with Gasteiger partial charge in [-0.25, -0.2) is 0 Å². The van der Waals surface area contributed by atoms with E-state index in [1.54, 1.807) is 10.4 Å². The molecule has 0 spiro atoms. The van der Waals surface area contributed by atoms with E-state index in [2.05, 4.69) is 62.6 Å². The predicted molar refractivity (Wildman–Crippen MR) is 78.6 cm³/mol. The predicted octanol–water partition coefficient (Wildman–Crippen LogP) is 4.33. The average Bonchev–Trinajstić information content (AvgIpc) is 2.91. The Morgan fingerprint density at radius 2 is 1.12 bits per heavy atom. The van der Waals surface area contributed by atoms with Crippen molar-refractivity contribution in [3.05, 3.63) is 46.8 Å². The first-order valence-electron chi connectivity index (χ1n) is 6.20. The zero-order chi connectivity index (χ0) is 11.8. The van der Waals surface area contributed by atoms with Gasteiger partial charge in [0.2, 0.25) is 0 Å². The molecule has 0 saturated carbocycles. The van der Waals surface area contributed by atoms with Crippen molar-refractivity contribution in [2.45, 2.75) is 39.0 Å². The summed E-state index contributed by atoms with van der Waals surface area (Å²) >= 11 is 0. The monoisotopic (exact) mass is 246 g/mol. The highest BCUT2D eigenvalue weighted by molar-refractivity contribution is 7.46. The number of hydrogen-bond acceptors (Lipinski definition) is 0. The summed E-state index contributed by atoms with van der Waals surface area (Å²) < 4.78 is 0. The molecular formula is C14H22Si2. The molecule has 0 heterocycles. The normalized spacial score (nSPS) is 20.2. The fourth-order valence-electron chi connectivity index (χ4n) is 2.56. The Kier molecular flexibility index (Phi) is 2.97. The molecule has 86 valence electrons. The van der Waals surface area contributed by atoms with E-state index in [9.17, 15) is 0 Å². The highest BCUT2D eigenvalue weighted by Gasteiger charge is 2.45. The molecule has 0 aromatic heterocycles. The molecule has 0 N–H and O–H groups in total. The Bertz CT molecular complexity index is 366. The van der Waals surface area contributed by atoms with E-state index in [0.29, 0.717) is 0 Å². The number of hydrogen-bond donors (Lipinski definition) is 0. The first-order valence-corrected chi connectivity index (χ1v) is 13.2. The minimum Gasteiger partial charge on any atom is -0.0818 e. The van der Waals surface area contributed by atoms with Gasteiger partial charge in [0, 0.05) is 0 Å². The van der Waals surface area contributed by atoms with Crippen molar-refractivity contribution in [3.63, 3.8) is 0 Å². The Labute approximate surface area is 101 Å². The SMILES string of the molecule is C[Si](C)(C1=CCC=C1)[Si](C)(C)C1=CCC=C1. The molecule has 0 unspecified atom stereocenters. The zero-order valence-electron chi connectivity index (χ0n) is 10.9. The van der Waals surface area contributed by atoms with Crippen LogP contribution in [0.1, 0.15) is 12.8 Å². The fraction of sp³-hybridized carbons (Fsp3) is 0.429. The van der Waals surface area contributed by atoms with Crippen LogP contribution in [0.2, 0.25) is 26.2 Å². The van der Waals surface area contributed by atoms with E-state index in [1.807, 2.05) is 0 Å². The van der Waals surface area contributed by atoms with Crippen LogP contribution in [0.3, 0.4) is 0 Å². The molecule has 0 amide bonds. The van der Waals surface area contributed by atoms with E-state index >= 15 is 0 Å². The molecule has 2 aliphatic carbocycles. The van der Waals surface area contributed by atoms with E-state index in [-0.39, 0.29) is 0 Å². The lowest BCUT2D eigenvalue weighted by Crippen LogP contribution is -2.57. The third-order valence-electron chi connectivity index (χ3n) is 4.55. The Morgan fingerprint density at radius 3 is 1.38 bits per heavy atom. The van der Waals surface area contributed by atoms with Gasteiger partial charge >= 0.3 is 0 Å². The smallest absolute Gasteiger partial charge is 0.0787 e. The van der Waals surface area contributed by atoms with Crippen molar-refractivity contribution in [1.82, 2.24) is 0 Å². The van der Waals surface area contributed by atoms with Gasteiger partial charge in [0.25, 0.3) is 0 Å². The summed E-state index contributed by atoms with van der Waals surface area (Å²) in [5.74, 6) is 0. The minimum atomic E-state index is -1.27. The molecule has 2 heteroatoms. The Morgan fingerprint density at radius 1 is 0.750 bits per heavy atom. The van der Waals surface area contributed by atoms with Crippen molar-refractivity contribution in [3.8, 4) is 0 Å². The molecule has 0 radical (unpaired) electrons. The maximum atomic E-state index is 2.56. The lowest BCUT2D eigenvalue weighted by molar-refractivity contribution is 1.44. The standard InChI is InChI=1S/C14H22Si2/c1-15(2,13-9-5-6-10-13)16(3,4)14-11-7-8-12-14/h5,7,9-12H,6,8H2,1-4H3. The van der Waals surface area contributed by atoms with Gasteiger partial charge in [0.1, 0.15) is 0 Å². The third-order valence-corrected chi connectivity index (χ3v) is 22.4. The van der Waals surface area contributed by atoms with Crippen molar-refractivity contribution in [2.75, 3.05) is 0 Å². The topological polar surface area (TPSA) is 0 Å². The lowest BCUT2D eigenvalue weighted by Gasteiger charge is -2.39. The summed E-state index contributed by atoms with van der Waals surface area (Å²) in [5.41, 5.74) is 0. The molecule has 0 saturated heterocycles. The molecule has 0 atom stereocenters. The zero-order valence-corrected chi connectivity index (χ0v) is 12.9. The molecule has 0 aliphatic heterocycles. The molecule has 16 heavy (non-hydrogen) atoms. The molecule has 0 aromatic carbocycles. The number of rotatable bonds is 3. The van der Waals surface area contributed by atoms with Gasteiger partial charge in [0.15, 0.2) is 0 Å². The van der Waals surface area contributed by atoms with Crippen LogP contribution in [0.4, 0.5) is 0 Å². The van der Waals surface area contributed by atoms with Crippen LogP contribution in [0, 0.1) is 0 Å². The second kappa shape index (κ2) is 4.00. The average molecular weight is 247 g/mol.